The topological polar surface area (TPSA) is 62.3 Å². The standard InChI is InChI=1S/C19H27N3O2S/c1-3-13-22(14-4-2)19-11-10-18(16-20-19)21-25(23,24)15-12-17-8-6-5-7-9-17/h5-11,16,21H,3-4,12-15H2,1-2H3. The number of hydrogen-bond acceptors (Lipinski definition) is 4. The molecule has 1 aromatic heterocycles. The Balaban J connectivity index is 1.97. The highest BCUT2D eigenvalue weighted by atomic mass is 32.2. The summed E-state index contributed by atoms with van der Waals surface area (Å²) in [4.78, 5) is 6.63. The van der Waals surface area contributed by atoms with Gasteiger partial charge in [0.15, 0.2) is 0 Å². The molecule has 2 rings (SSSR count). The van der Waals surface area contributed by atoms with Gasteiger partial charge in [-0.15, -0.1) is 0 Å². The van der Waals surface area contributed by atoms with E-state index in [4.69, 9.17) is 0 Å². The van der Waals surface area contributed by atoms with Gasteiger partial charge in [-0.25, -0.2) is 13.4 Å². The van der Waals surface area contributed by atoms with Gasteiger partial charge < -0.3 is 4.90 Å². The number of rotatable bonds is 10. The largest absolute Gasteiger partial charge is 0.357 e. The average molecular weight is 362 g/mol. The van der Waals surface area contributed by atoms with E-state index >= 15 is 0 Å². The second kappa shape index (κ2) is 9.42. The molecule has 6 heteroatoms. The molecular formula is C19H27N3O2S. The molecule has 0 aliphatic carbocycles. The quantitative estimate of drug-likeness (QED) is 0.701. The summed E-state index contributed by atoms with van der Waals surface area (Å²) in [5.41, 5.74) is 1.51. The van der Waals surface area contributed by atoms with Crippen molar-refractivity contribution in [1.29, 1.82) is 0 Å². The van der Waals surface area contributed by atoms with E-state index in [1.165, 1.54) is 0 Å². The van der Waals surface area contributed by atoms with Crippen LogP contribution in [0.5, 0.6) is 0 Å². The van der Waals surface area contributed by atoms with Gasteiger partial charge >= 0.3 is 0 Å². The van der Waals surface area contributed by atoms with E-state index in [0.717, 1.165) is 37.3 Å². The Bertz CT molecular complexity index is 725. The van der Waals surface area contributed by atoms with E-state index in [1.807, 2.05) is 36.4 Å². The predicted octanol–water partition coefficient (Wildman–Crippen LogP) is 3.69. The molecule has 0 spiro atoms. The molecule has 5 nitrogen and oxygen atoms in total. The van der Waals surface area contributed by atoms with E-state index in [1.54, 1.807) is 12.3 Å². The number of sulfonamides is 1. The van der Waals surface area contributed by atoms with Crippen molar-refractivity contribution in [1.82, 2.24) is 4.98 Å². The Morgan fingerprint density at radius 2 is 1.68 bits per heavy atom. The lowest BCUT2D eigenvalue weighted by atomic mass is 10.2. The van der Waals surface area contributed by atoms with Crippen LogP contribution in [0.2, 0.25) is 0 Å². The number of nitrogens with one attached hydrogen (secondary N) is 1. The maximum absolute atomic E-state index is 12.2. The molecule has 1 N–H and O–H groups in total. The van der Waals surface area contributed by atoms with E-state index in [-0.39, 0.29) is 5.75 Å². The van der Waals surface area contributed by atoms with Gasteiger partial charge in [-0.2, -0.15) is 0 Å². The van der Waals surface area contributed by atoms with Crippen molar-refractivity contribution in [2.75, 3.05) is 28.5 Å². The molecule has 0 atom stereocenters. The second-order valence-electron chi connectivity index (χ2n) is 6.05. The summed E-state index contributed by atoms with van der Waals surface area (Å²) >= 11 is 0. The maximum Gasteiger partial charge on any atom is 0.233 e. The van der Waals surface area contributed by atoms with Crippen molar-refractivity contribution in [2.24, 2.45) is 0 Å². The molecule has 25 heavy (non-hydrogen) atoms. The molecule has 0 amide bonds. The van der Waals surface area contributed by atoms with E-state index in [2.05, 4.69) is 28.5 Å². The van der Waals surface area contributed by atoms with Crippen LogP contribution < -0.4 is 9.62 Å². The molecule has 0 fully saturated rings. The van der Waals surface area contributed by atoms with Gasteiger partial charge in [0.25, 0.3) is 0 Å². The smallest absolute Gasteiger partial charge is 0.233 e. The van der Waals surface area contributed by atoms with Gasteiger partial charge in [-0.1, -0.05) is 44.2 Å². The van der Waals surface area contributed by atoms with Crippen molar-refractivity contribution in [3.8, 4) is 0 Å². The number of pyridine rings is 1. The second-order valence-corrected chi connectivity index (χ2v) is 7.89. The first kappa shape index (κ1) is 19.2. The normalized spacial score (nSPS) is 11.3. The van der Waals surface area contributed by atoms with Crippen LogP contribution in [-0.2, 0) is 16.4 Å². The Morgan fingerprint density at radius 3 is 2.24 bits per heavy atom. The van der Waals surface area contributed by atoms with Crippen molar-refractivity contribution in [3.05, 3.63) is 54.2 Å². The molecule has 2 aromatic rings. The SMILES string of the molecule is CCCN(CCC)c1ccc(NS(=O)(=O)CCc2ccccc2)cn1. The lowest BCUT2D eigenvalue weighted by molar-refractivity contribution is 0.600. The Labute approximate surface area is 151 Å². The van der Waals surface area contributed by atoms with Crippen LogP contribution in [0, 0.1) is 0 Å². The maximum atomic E-state index is 12.2. The zero-order valence-electron chi connectivity index (χ0n) is 15.0. The van der Waals surface area contributed by atoms with Gasteiger partial charge in [0.2, 0.25) is 10.0 Å². The van der Waals surface area contributed by atoms with E-state index in [9.17, 15) is 8.42 Å². The molecule has 0 saturated heterocycles. The van der Waals surface area contributed by atoms with Crippen LogP contribution in [0.3, 0.4) is 0 Å². The van der Waals surface area contributed by atoms with Crippen LogP contribution in [-0.4, -0.2) is 32.2 Å². The molecule has 0 saturated carbocycles. The number of benzene rings is 1. The highest BCUT2D eigenvalue weighted by Gasteiger charge is 2.12. The Morgan fingerprint density at radius 1 is 1.00 bits per heavy atom. The average Bonchev–Trinajstić information content (AvgIpc) is 2.61. The number of hydrogen-bond donors (Lipinski definition) is 1. The fourth-order valence-electron chi connectivity index (χ4n) is 2.64. The summed E-state index contributed by atoms with van der Waals surface area (Å²) in [5, 5.41) is 0. The summed E-state index contributed by atoms with van der Waals surface area (Å²) in [6, 6.07) is 13.3. The molecule has 0 bridgehead atoms. The first-order valence-electron chi connectivity index (χ1n) is 8.79. The highest BCUT2D eigenvalue weighted by molar-refractivity contribution is 7.92. The fraction of sp³-hybridized carbons (Fsp3) is 0.421. The summed E-state index contributed by atoms with van der Waals surface area (Å²) in [6.07, 6.45) is 4.18. The number of aryl methyl sites for hydroxylation is 1. The molecule has 0 unspecified atom stereocenters. The van der Waals surface area contributed by atoms with Crippen LogP contribution in [0.15, 0.2) is 48.7 Å². The van der Waals surface area contributed by atoms with Crippen molar-refractivity contribution in [3.63, 3.8) is 0 Å². The minimum Gasteiger partial charge on any atom is -0.357 e. The fourth-order valence-corrected chi connectivity index (χ4v) is 3.73. The summed E-state index contributed by atoms with van der Waals surface area (Å²) in [7, 11) is -3.39. The van der Waals surface area contributed by atoms with Crippen LogP contribution in [0.4, 0.5) is 11.5 Å². The van der Waals surface area contributed by atoms with Gasteiger partial charge in [0, 0.05) is 13.1 Å². The predicted molar refractivity (Wildman–Crippen MR) is 105 cm³/mol. The molecule has 0 radical (unpaired) electrons. The molecule has 1 heterocycles. The first-order valence-corrected chi connectivity index (χ1v) is 10.4. The van der Waals surface area contributed by atoms with Gasteiger partial charge in [-0.3, -0.25) is 4.72 Å². The summed E-state index contributed by atoms with van der Waals surface area (Å²) < 4.78 is 27.1. The zero-order chi connectivity index (χ0) is 18.1. The molecule has 0 aliphatic heterocycles. The minimum absolute atomic E-state index is 0.0521. The third-order valence-electron chi connectivity index (χ3n) is 3.83. The van der Waals surface area contributed by atoms with Crippen molar-refractivity contribution < 1.29 is 8.42 Å². The molecule has 136 valence electrons. The van der Waals surface area contributed by atoms with E-state index in [0.29, 0.717) is 12.1 Å². The third kappa shape index (κ3) is 6.38. The lowest BCUT2D eigenvalue weighted by Crippen LogP contribution is -2.25. The summed E-state index contributed by atoms with van der Waals surface area (Å²) in [5.74, 6) is 0.937. The van der Waals surface area contributed by atoms with Crippen LogP contribution in [0.25, 0.3) is 0 Å². The van der Waals surface area contributed by atoms with Crippen LogP contribution in [0.1, 0.15) is 32.3 Å². The van der Waals surface area contributed by atoms with Gasteiger partial charge in [-0.05, 0) is 37.0 Å². The minimum atomic E-state index is -3.39. The monoisotopic (exact) mass is 361 g/mol. The first-order chi connectivity index (χ1) is 12.0. The highest BCUT2D eigenvalue weighted by Crippen LogP contribution is 2.16. The number of aromatic nitrogens is 1. The molecule has 1 aromatic carbocycles. The number of anilines is 2. The van der Waals surface area contributed by atoms with Gasteiger partial charge in [0.05, 0.1) is 17.6 Å². The summed E-state index contributed by atoms with van der Waals surface area (Å²) in [6.45, 7) is 6.17. The Kier molecular flexibility index (Phi) is 7.25. The molecular weight excluding hydrogens is 334 g/mol. The van der Waals surface area contributed by atoms with Crippen molar-refractivity contribution >= 4 is 21.5 Å². The molecule has 0 aliphatic rings. The van der Waals surface area contributed by atoms with Crippen LogP contribution >= 0.6 is 0 Å². The van der Waals surface area contributed by atoms with Crippen molar-refractivity contribution in [2.45, 2.75) is 33.1 Å². The van der Waals surface area contributed by atoms with Gasteiger partial charge in [0.1, 0.15) is 5.82 Å². The number of nitrogens with zero attached hydrogens (tertiary/aromatic N) is 2. The third-order valence-corrected chi connectivity index (χ3v) is 5.12. The zero-order valence-corrected chi connectivity index (χ0v) is 15.8. The Hall–Kier alpha value is -2.08. The lowest BCUT2D eigenvalue weighted by Gasteiger charge is -2.22. The van der Waals surface area contributed by atoms with E-state index < -0.39 is 10.0 Å².